The van der Waals surface area contributed by atoms with Crippen LogP contribution < -0.4 is 15.9 Å². The molecular weight excluding hydrogens is 1320 g/mol. The van der Waals surface area contributed by atoms with Crippen LogP contribution in [0.2, 0.25) is 0 Å². The summed E-state index contributed by atoms with van der Waals surface area (Å²) in [6.07, 6.45) is 3.87. The van der Waals surface area contributed by atoms with Crippen molar-refractivity contribution in [2.75, 3.05) is 26.9 Å². The van der Waals surface area contributed by atoms with Gasteiger partial charge in [-0.3, -0.25) is 9.59 Å². The molecule has 0 spiro atoms. The quantitative estimate of drug-likeness (QED) is 0.0118. The Morgan fingerprint density at radius 2 is 0.920 bits per heavy atom. The summed E-state index contributed by atoms with van der Waals surface area (Å²) in [5.41, 5.74) is 4.38. The molecule has 7 rings (SSSR count). The molecule has 0 fully saturated rings. The van der Waals surface area contributed by atoms with Gasteiger partial charge in [0.1, 0.15) is 6.29 Å². The van der Waals surface area contributed by atoms with E-state index < -0.39 is 65.0 Å². The SMILES string of the molecule is CCOC(=O)/C=C/c1cc(F)c(O)cc1C.CCOC(=O)C=P(c1ccccc1)(c1ccccc1)c1ccccc1.CCOC(=O)CCc1cc(F)c(O)cc1C.COC(Cl)Cl.Cc1cc(O)c(F)cc1C=O.Cc1ccc(F)c(O)c1.[Cl][Ti]([Cl])([Cl])[Cl]. The van der Waals surface area contributed by atoms with E-state index in [9.17, 15) is 36.7 Å². The Morgan fingerprint density at radius 3 is 1.31 bits per heavy atom. The molecule has 4 N–H and O–H groups in total. The first kappa shape index (κ1) is 79.0. The van der Waals surface area contributed by atoms with Crippen LogP contribution in [0.4, 0.5) is 17.6 Å². The predicted molar refractivity (Wildman–Crippen MR) is 341 cm³/mol. The van der Waals surface area contributed by atoms with Gasteiger partial charge < -0.3 is 39.4 Å². The number of aryl methyl sites for hydroxylation is 5. The van der Waals surface area contributed by atoms with Gasteiger partial charge in [0.2, 0.25) is 5.02 Å². The van der Waals surface area contributed by atoms with Crippen molar-refractivity contribution in [3.05, 3.63) is 214 Å². The maximum atomic E-state index is 13.1. The fourth-order valence-electron chi connectivity index (χ4n) is 7.09. The zero-order valence-corrected chi connectivity index (χ0v) is 55.6. The maximum absolute atomic E-state index is 13.1. The molecule has 0 aromatic heterocycles. The number of carbonyl (C=O) groups excluding carboxylic acids is 4. The second-order valence-electron chi connectivity index (χ2n) is 17.5. The minimum atomic E-state index is -3.11. The number of aldehydes is 1. The van der Waals surface area contributed by atoms with Crippen molar-refractivity contribution in [3.63, 3.8) is 0 Å². The molecule has 87 heavy (non-hydrogen) atoms. The van der Waals surface area contributed by atoms with Gasteiger partial charge in [-0.15, -0.1) is 0 Å². The number of methoxy groups -OCH3 is 1. The van der Waals surface area contributed by atoms with Crippen LogP contribution in [0.1, 0.15) is 70.9 Å². The third kappa shape index (κ3) is 31.1. The number of ether oxygens (including phenoxy) is 4. The number of phenolic OH excluding ortho intramolecular Hbond substituents is 4. The third-order valence-corrected chi connectivity index (χ3v) is 15.4. The van der Waals surface area contributed by atoms with Crippen LogP contribution in [0.5, 0.6) is 23.0 Å². The van der Waals surface area contributed by atoms with Crippen LogP contribution in [-0.2, 0) is 52.1 Å². The van der Waals surface area contributed by atoms with Gasteiger partial charge in [-0.2, -0.15) is 0 Å². The van der Waals surface area contributed by atoms with Crippen molar-refractivity contribution in [2.24, 2.45) is 0 Å². The molecule has 0 heterocycles. The van der Waals surface area contributed by atoms with E-state index in [1.165, 1.54) is 61.7 Å². The molecular formula is C63H67Cl6F4O12PTi. The van der Waals surface area contributed by atoms with Gasteiger partial charge in [-0.25, -0.2) is 27.2 Å². The van der Waals surface area contributed by atoms with E-state index >= 15 is 0 Å². The molecule has 470 valence electrons. The van der Waals surface area contributed by atoms with E-state index in [4.69, 9.17) is 90.3 Å². The molecule has 7 aromatic carbocycles. The summed E-state index contributed by atoms with van der Waals surface area (Å²) in [4.78, 5) is 44.9. The number of benzene rings is 7. The van der Waals surface area contributed by atoms with E-state index in [-0.39, 0.29) is 35.4 Å². The normalized spacial score (nSPS) is 10.4. The van der Waals surface area contributed by atoms with E-state index in [1.807, 2.05) is 61.5 Å². The molecule has 0 bridgehead atoms. The standard InChI is InChI=1S/C22H21O2P.C12H15FO3.C12H13FO3.C8H7FO2.C7H7FO.C2H4Cl2O.4ClH.Ti/c1-2-24-22(23)18-25(19-12-6-3-7-13-19,20-14-8-4-9-15-20)21-16-10-5-11-17-21;2*1-3-16-12(15)5-4-9-7-10(13)11(14)6-8(9)2;1-5-2-8(11)7(9)3-6(5)4-10;1-5-2-3-6(8)7(9)4-5;1-5-2(3)4;;;;;/h3-18H,2H2,1H3;6-7,14H,3-5H2,1-2H3;4-7,14H,3H2,1-2H3;2-4,11H,1H3;2-4,9H,1H3;2H,1H3;4*1H;/q;;;;;;;;;;+4/p-4/b;;5-4+;;;;;;;;. The van der Waals surface area contributed by atoms with Crippen LogP contribution in [0, 0.1) is 51.0 Å². The van der Waals surface area contributed by atoms with Crippen molar-refractivity contribution in [1.82, 2.24) is 0 Å². The van der Waals surface area contributed by atoms with Gasteiger partial charge in [-0.05, 0) is 166 Å². The Morgan fingerprint density at radius 1 is 0.540 bits per heavy atom. The molecule has 7 aromatic rings. The van der Waals surface area contributed by atoms with Crippen molar-refractivity contribution in [2.45, 2.75) is 66.3 Å². The Balaban J connectivity index is 0.000000541. The molecule has 0 atom stereocenters. The van der Waals surface area contributed by atoms with Crippen LogP contribution in [-0.4, -0.2) is 82.4 Å². The van der Waals surface area contributed by atoms with Crippen LogP contribution in [0.15, 0.2) is 152 Å². The van der Waals surface area contributed by atoms with Crippen molar-refractivity contribution < 1.29 is 88.5 Å². The van der Waals surface area contributed by atoms with Gasteiger partial charge in [0.05, 0.1) is 19.8 Å². The molecule has 0 unspecified atom stereocenters. The van der Waals surface area contributed by atoms with Crippen LogP contribution >= 0.6 is 67.3 Å². The Labute approximate surface area is 534 Å². The minimum absolute atomic E-state index is 0.221. The molecule has 0 saturated carbocycles. The Kier molecular flexibility index (Phi) is 38.2. The molecule has 0 radical (unpaired) electrons. The number of rotatable bonds is 14. The van der Waals surface area contributed by atoms with Gasteiger partial charge >= 0.3 is 67.5 Å². The van der Waals surface area contributed by atoms with Gasteiger partial charge in [0.25, 0.3) is 0 Å². The molecule has 12 nitrogen and oxygen atoms in total. The molecule has 0 amide bonds. The second kappa shape index (κ2) is 42.0. The average Bonchev–Trinajstić information content (AvgIpc) is 0.876. The number of hydrogen-bond donors (Lipinski definition) is 4. The summed E-state index contributed by atoms with van der Waals surface area (Å²) in [7, 11) is 21.5. The Hall–Kier alpha value is -6.01. The Bertz CT molecular complexity index is 3240. The van der Waals surface area contributed by atoms with E-state index in [1.54, 1.807) is 53.4 Å². The number of carbonyl (C=O) groups is 4. The van der Waals surface area contributed by atoms with E-state index in [2.05, 4.69) is 45.9 Å². The first-order valence-electron chi connectivity index (χ1n) is 26.0. The second-order valence-corrected chi connectivity index (χ2v) is 37.3. The molecule has 0 saturated heterocycles. The zero-order chi connectivity index (χ0) is 65.9. The predicted octanol–water partition coefficient (Wildman–Crippen LogP) is 15.7. The van der Waals surface area contributed by atoms with Gasteiger partial charge in [0, 0.05) is 31.0 Å². The van der Waals surface area contributed by atoms with Crippen LogP contribution in [0.25, 0.3) is 6.08 Å². The topological polar surface area (TPSA) is 186 Å². The van der Waals surface area contributed by atoms with Crippen molar-refractivity contribution in [1.29, 1.82) is 0 Å². The third-order valence-electron chi connectivity index (χ3n) is 11.1. The van der Waals surface area contributed by atoms with Gasteiger partial charge in [0.15, 0.2) is 46.3 Å². The average molecular weight is 1380 g/mol. The number of aromatic hydroxyl groups is 4. The first-order valence-corrected chi connectivity index (χ1v) is 37.3. The van der Waals surface area contributed by atoms with Crippen molar-refractivity contribution >= 4 is 119 Å². The van der Waals surface area contributed by atoms with E-state index in [0.29, 0.717) is 54.8 Å². The molecule has 0 aliphatic carbocycles. The summed E-state index contributed by atoms with van der Waals surface area (Å²) < 4.78 is 69.9. The van der Waals surface area contributed by atoms with Crippen molar-refractivity contribution in [3.8, 4) is 23.0 Å². The number of halogens is 10. The molecule has 0 aliphatic heterocycles. The summed E-state index contributed by atoms with van der Waals surface area (Å²) in [6, 6.07) is 42.3. The number of hydrogen-bond acceptors (Lipinski definition) is 12. The summed E-state index contributed by atoms with van der Waals surface area (Å²) in [5, 5.41) is 38.5. The molecule has 0 aliphatic rings. The zero-order valence-electron chi connectivity index (χ0n) is 48.6. The summed E-state index contributed by atoms with van der Waals surface area (Å²) >= 11 is 6.90. The number of phenols is 4. The van der Waals surface area contributed by atoms with Gasteiger partial charge in [-0.1, -0.05) is 120 Å². The fraction of sp³-hybridized carbons (Fsp3) is 0.222. The summed E-state index contributed by atoms with van der Waals surface area (Å²) in [5.74, 6) is -3.42. The number of esters is 3. The summed E-state index contributed by atoms with van der Waals surface area (Å²) in [6.45, 7) is 10.9. The first-order chi connectivity index (χ1) is 41.0. The van der Waals surface area contributed by atoms with E-state index in [0.717, 1.165) is 33.1 Å². The number of alkyl halides is 2. The van der Waals surface area contributed by atoms with Crippen LogP contribution in [0.3, 0.4) is 0 Å². The fourth-order valence-corrected chi connectivity index (χ4v) is 10.7. The monoisotopic (exact) mass is 1380 g/mol. The molecule has 24 heteroatoms.